The number of pyridine rings is 1. The van der Waals surface area contributed by atoms with Crippen LogP contribution in [0.25, 0.3) is 0 Å². The lowest BCUT2D eigenvalue weighted by molar-refractivity contribution is 0.851. The number of hydrogen-bond donors (Lipinski definition) is 3. The maximum absolute atomic E-state index is 5.32. The molecule has 0 bridgehead atoms. The quantitative estimate of drug-likeness (QED) is 0.373. The third-order valence-corrected chi connectivity index (χ3v) is 1.73. The van der Waals surface area contributed by atoms with E-state index in [4.69, 9.17) is 18.0 Å². The maximum Gasteiger partial charge on any atom is 0.197 e. The van der Waals surface area contributed by atoms with Gasteiger partial charge in [0, 0.05) is 13.2 Å². The molecule has 0 aromatic carbocycles. The number of hydrogen-bond acceptors (Lipinski definition) is 3. The van der Waals surface area contributed by atoms with Crippen LogP contribution in [0.3, 0.4) is 0 Å². The van der Waals surface area contributed by atoms with Crippen molar-refractivity contribution >= 4 is 23.3 Å². The summed E-state index contributed by atoms with van der Waals surface area (Å²) in [5.74, 6) is 0.535. The van der Waals surface area contributed by atoms with Crippen LogP contribution in [0.15, 0.2) is 29.4 Å². The maximum atomic E-state index is 5.32. The second kappa shape index (κ2) is 5.92. The van der Waals surface area contributed by atoms with Crippen LogP contribution >= 0.6 is 12.2 Å². The number of thiocarbonyl (C=S) groups is 1. The Bertz CT molecular complexity index is 349. The van der Waals surface area contributed by atoms with Crippen molar-refractivity contribution in [3.8, 4) is 0 Å². The summed E-state index contributed by atoms with van der Waals surface area (Å²) >= 11 is 4.70. The molecule has 5 nitrogen and oxygen atoms in total. The van der Waals surface area contributed by atoms with Gasteiger partial charge in [-0.3, -0.25) is 9.98 Å². The van der Waals surface area contributed by atoms with E-state index in [1.54, 1.807) is 13.2 Å². The molecule has 0 aliphatic heterocycles. The van der Waals surface area contributed by atoms with Gasteiger partial charge in [-0.15, -0.1) is 0 Å². The van der Waals surface area contributed by atoms with Crippen molar-refractivity contribution in [2.24, 2.45) is 10.7 Å². The minimum atomic E-state index is 0.184. The van der Waals surface area contributed by atoms with Gasteiger partial charge in [-0.1, -0.05) is 6.07 Å². The minimum absolute atomic E-state index is 0.184. The van der Waals surface area contributed by atoms with E-state index in [0.29, 0.717) is 12.5 Å². The molecule has 6 heteroatoms. The Balaban J connectivity index is 2.45. The fourth-order valence-corrected chi connectivity index (χ4v) is 1.07. The van der Waals surface area contributed by atoms with E-state index in [0.717, 1.165) is 5.69 Å². The number of nitrogens with one attached hydrogen (secondary N) is 2. The fraction of sp³-hybridized carbons (Fsp3) is 0.222. The summed E-state index contributed by atoms with van der Waals surface area (Å²) in [6.45, 7) is 0.573. The molecule has 0 fully saturated rings. The van der Waals surface area contributed by atoms with Gasteiger partial charge in [-0.05, 0) is 24.4 Å². The van der Waals surface area contributed by atoms with Gasteiger partial charge in [-0.25, -0.2) is 0 Å². The van der Waals surface area contributed by atoms with Crippen molar-refractivity contribution in [1.82, 2.24) is 15.6 Å². The second-order valence-electron chi connectivity index (χ2n) is 2.74. The molecule has 15 heavy (non-hydrogen) atoms. The number of guanidine groups is 1. The van der Waals surface area contributed by atoms with Gasteiger partial charge in [0.25, 0.3) is 0 Å². The van der Waals surface area contributed by atoms with Crippen LogP contribution in [0.4, 0.5) is 0 Å². The highest BCUT2D eigenvalue weighted by Crippen LogP contribution is 1.91. The van der Waals surface area contributed by atoms with Crippen LogP contribution in [0.1, 0.15) is 5.69 Å². The van der Waals surface area contributed by atoms with Crippen LogP contribution < -0.4 is 16.4 Å². The van der Waals surface area contributed by atoms with E-state index in [9.17, 15) is 0 Å². The number of nitrogens with two attached hydrogens (primary N) is 1. The topological polar surface area (TPSA) is 75.3 Å². The lowest BCUT2D eigenvalue weighted by Crippen LogP contribution is -2.43. The van der Waals surface area contributed by atoms with Crippen LogP contribution in [0, 0.1) is 0 Å². The van der Waals surface area contributed by atoms with Crippen molar-refractivity contribution in [3.05, 3.63) is 30.1 Å². The van der Waals surface area contributed by atoms with Crippen LogP contribution in [-0.2, 0) is 6.54 Å². The fourth-order valence-electron chi connectivity index (χ4n) is 0.973. The van der Waals surface area contributed by atoms with Crippen molar-refractivity contribution < 1.29 is 0 Å². The normalized spacial score (nSPS) is 10.9. The lowest BCUT2D eigenvalue weighted by atomic mass is 10.3. The van der Waals surface area contributed by atoms with Crippen LogP contribution in [0.5, 0.6) is 0 Å². The highest BCUT2D eigenvalue weighted by Gasteiger charge is 1.98. The molecule has 0 spiro atoms. The van der Waals surface area contributed by atoms with Gasteiger partial charge < -0.3 is 16.4 Å². The molecule has 0 aliphatic carbocycles. The smallest absolute Gasteiger partial charge is 0.197 e. The molecular formula is C9H13N5S. The summed E-state index contributed by atoms with van der Waals surface area (Å²) in [5, 5.41) is 5.93. The first kappa shape index (κ1) is 11.4. The summed E-state index contributed by atoms with van der Waals surface area (Å²) in [4.78, 5) is 8.10. The van der Waals surface area contributed by atoms with Crippen molar-refractivity contribution in [3.63, 3.8) is 0 Å². The SMILES string of the molecule is CN=C(NCc1ccccn1)NC(N)=S. The molecule has 0 saturated carbocycles. The zero-order chi connectivity index (χ0) is 11.1. The van der Waals surface area contributed by atoms with Gasteiger partial charge in [0.15, 0.2) is 11.1 Å². The first-order valence-electron chi connectivity index (χ1n) is 4.39. The Morgan fingerprint density at radius 1 is 1.60 bits per heavy atom. The molecule has 1 rings (SSSR count). The van der Waals surface area contributed by atoms with E-state index in [1.807, 2.05) is 18.2 Å². The summed E-state index contributed by atoms with van der Waals surface area (Å²) < 4.78 is 0. The predicted molar refractivity (Wildman–Crippen MR) is 64.4 cm³/mol. The Labute approximate surface area is 93.8 Å². The van der Waals surface area contributed by atoms with E-state index >= 15 is 0 Å². The zero-order valence-corrected chi connectivity index (χ0v) is 9.21. The number of nitrogens with zero attached hydrogens (tertiary/aromatic N) is 2. The molecule has 0 amide bonds. The summed E-state index contributed by atoms with van der Waals surface area (Å²) in [6, 6.07) is 5.71. The Morgan fingerprint density at radius 3 is 2.93 bits per heavy atom. The summed E-state index contributed by atoms with van der Waals surface area (Å²) in [7, 11) is 1.64. The van der Waals surface area contributed by atoms with Gasteiger partial charge >= 0.3 is 0 Å². The van der Waals surface area contributed by atoms with Crippen molar-refractivity contribution in [1.29, 1.82) is 0 Å². The molecular weight excluding hydrogens is 210 g/mol. The van der Waals surface area contributed by atoms with Gasteiger partial charge in [0.05, 0.1) is 12.2 Å². The Morgan fingerprint density at radius 2 is 2.40 bits per heavy atom. The Hall–Kier alpha value is -1.69. The third kappa shape index (κ3) is 4.37. The molecule has 1 aromatic heterocycles. The molecule has 0 unspecified atom stereocenters. The molecule has 0 radical (unpaired) electrons. The molecule has 80 valence electrons. The monoisotopic (exact) mass is 223 g/mol. The van der Waals surface area contributed by atoms with E-state index < -0.39 is 0 Å². The minimum Gasteiger partial charge on any atom is -0.376 e. The standard InChI is InChI=1S/C9H13N5S/c1-11-9(14-8(10)15)13-6-7-4-2-3-5-12-7/h2-5H,6H2,1H3,(H4,10,11,13,14,15). The highest BCUT2D eigenvalue weighted by molar-refractivity contribution is 7.80. The number of rotatable bonds is 2. The first-order valence-corrected chi connectivity index (χ1v) is 4.80. The first-order chi connectivity index (χ1) is 7.22. The van der Waals surface area contributed by atoms with E-state index in [2.05, 4.69) is 20.6 Å². The second-order valence-corrected chi connectivity index (χ2v) is 3.18. The van der Waals surface area contributed by atoms with E-state index in [1.165, 1.54) is 0 Å². The van der Waals surface area contributed by atoms with Gasteiger partial charge in [-0.2, -0.15) is 0 Å². The largest absolute Gasteiger partial charge is 0.376 e. The van der Waals surface area contributed by atoms with Gasteiger partial charge in [0.2, 0.25) is 0 Å². The highest BCUT2D eigenvalue weighted by atomic mass is 32.1. The third-order valence-electron chi connectivity index (χ3n) is 1.63. The lowest BCUT2D eigenvalue weighted by Gasteiger charge is -2.09. The van der Waals surface area contributed by atoms with Crippen LogP contribution in [0.2, 0.25) is 0 Å². The molecule has 0 saturated heterocycles. The van der Waals surface area contributed by atoms with Gasteiger partial charge in [0.1, 0.15) is 0 Å². The number of aliphatic imine (C=N–C) groups is 1. The summed E-state index contributed by atoms with van der Waals surface area (Å²) in [5.41, 5.74) is 6.24. The Kier molecular flexibility index (Phi) is 4.49. The van der Waals surface area contributed by atoms with E-state index in [-0.39, 0.29) is 5.11 Å². The molecule has 1 aromatic rings. The van der Waals surface area contributed by atoms with Crippen molar-refractivity contribution in [2.45, 2.75) is 6.54 Å². The van der Waals surface area contributed by atoms with Crippen LogP contribution in [-0.4, -0.2) is 23.1 Å². The molecule has 1 heterocycles. The number of aromatic nitrogens is 1. The zero-order valence-electron chi connectivity index (χ0n) is 8.40. The molecule has 4 N–H and O–H groups in total. The predicted octanol–water partition coefficient (Wildman–Crippen LogP) is -0.00980. The molecule has 0 atom stereocenters. The average molecular weight is 223 g/mol. The summed E-state index contributed by atoms with van der Waals surface area (Å²) in [6.07, 6.45) is 1.74. The molecule has 0 aliphatic rings. The van der Waals surface area contributed by atoms with Crippen molar-refractivity contribution in [2.75, 3.05) is 7.05 Å². The average Bonchev–Trinajstić information content (AvgIpc) is 2.25.